The van der Waals surface area contributed by atoms with Gasteiger partial charge in [0, 0.05) is 6.42 Å². The van der Waals surface area contributed by atoms with Crippen molar-refractivity contribution < 1.29 is 24.5 Å². The summed E-state index contributed by atoms with van der Waals surface area (Å²) in [5.74, 6) is -0.985. The number of phenols is 1. The van der Waals surface area contributed by atoms with Crippen LogP contribution in [0.1, 0.15) is 26.3 Å². The highest BCUT2D eigenvalue weighted by molar-refractivity contribution is 14.1. The molecule has 8 heteroatoms. The molecule has 0 aromatic heterocycles. The van der Waals surface area contributed by atoms with Crippen molar-refractivity contribution in [3.05, 3.63) is 24.8 Å². The van der Waals surface area contributed by atoms with E-state index in [2.05, 4.69) is 5.32 Å². The van der Waals surface area contributed by atoms with Gasteiger partial charge in [-0.1, -0.05) is 0 Å². The number of rotatable bonds is 4. The molecule has 0 aliphatic rings. The summed E-state index contributed by atoms with van der Waals surface area (Å²) in [6, 6.07) is 2.27. The molecule has 6 nitrogen and oxygen atoms in total. The van der Waals surface area contributed by atoms with Gasteiger partial charge in [-0.25, -0.2) is 9.59 Å². The zero-order chi connectivity index (χ0) is 17.1. The van der Waals surface area contributed by atoms with Crippen LogP contribution in [0.5, 0.6) is 5.75 Å². The van der Waals surface area contributed by atoms with Crippen LogP contribution in [0.2, 0.25) is 0 Å². The normalized spacial score (nSPS) is 12.6. The SMILES string of the molecule is CC(C)(C)OC(=O)N[C@@H](Cc1cc(I)c(O)c(I)c1)C(=O)O. The van der Waals surface area contributed by atoms with Crippen molar-refractivity contribution in [3.63, 3.8) is 0 Å². The number of carbonyl (C=O) groups is 2. The van der Waals surface area contributed by atoms with Gasteiger partial charge in [-0.3, -0.25) is 0 Å². The number of benzene rings is 1. The number of hydrogen-bond donors (Lipinski definition) is 3. The number of nitrogens with one attached hydrogen (secondary N) is 1. The quantitative estimate of drug-likeness (QED) is 0.518. The monoisotopic (exact) mass is 533 g/mol. The van der Waals surface area contributed by atoms with Gasteiger partial charge in [-0.2, -0.15) is 0 Å². The van der Waals surface area contributed by atoms with Crippen LogP contribution in [0, 0.1) is 7.14 Å². The molecule has 0 saturated carbocycles. The largest absolute Gasteiger partial charge is 0.506 e. The highest BCUT2D eigenvalue weighted by Gasteiger charge is 2.24. The number of aliphatic carboxylic acids is 1. The summed E-state index contributed by atoms with van der Waals surface area (Å²) in [6.07, 6.45) is -0.677. The van der Waals surface area contributed by atoms with Gasteiger partial charge >= 0.3 is 12.1 Å². The van der Waals surface area contributed by atoms with E-state index in [-0.39, 0.29) is 12.2 Å². The molecular formula is C14H17I2NO5. The van der Waals surface area contributed by atoms with E-state index in [4.69, 9.17) is 4.74 Å². The van der Waals surface area contributed by atoms with Crippen molar-refractivity contribution in [2.24, 2.45) is 0 Å². The Bertz CT molecular complexity index is 560. The maximum absolute atomic E-state index is 11.7. The fraction of sp³-hybridized carbons (Fsp3) is 0.429. The maximum Gasteiger partial charge on any atom is 0.408 e. The van der Waals surface area contributed by atoms with Crippen LogP contribution >= 0.6 is 45.2 Å². The number of aromatic hydroxyl groups is 1. The van der Waals surface area contributed by atoms with E-state index >= 15 is 0 Å². The van der Waals surface area contributed by atoms with Gasteiger partial charge in [-0.05, 0) is 83.6 Å². The molecule has 0 aliphatic carbocycles. The second-order valence-electron chi connectivity index (χ2n) is 5.65. The number of halogens is 2. The smallest absolute Gasteiger partial charge is 0.408 e. The summed E-state index contributed by atoms with van der Waals surface area (Å²) in [7, 11) is 0. The van der Waals surface area contributed by atoms with Gasteiger partial charge in [0.1, 0.15) is 17.4 Å². The third-order valence-electron chi connectivity index (χ3n) is 2.51. The molecule has 1 aromatic rings. The van der Waals surface area contributed by atoms with E-state index in [9.17, 15) is 19.8 Å². The molecule has 0 bridgehead atoms. The zero-order valence-electron chi connectivity index (χ0n) is 12.3. The van der Waals surface area contributed by atoms with Crippen molar-refractivity contribution in [2.45, 2.75) is 38.8 Å². The van der Waals surface area contributed by atoms with Crippen molar-refractivity contribution >= 4 is 57.2 Å². The molecule has 0 aliphatic heterocycles. The highest BCUT2D eigenvalue weighted by atomic mass is 127. The summed E-state index contributed by atoms with van der Waals surface area (Å²) >= 11 is 3.94. The van der Waals surface area contributed by atoms with E-state index in [0.29, 0.717) is 12.7 Å². The van der Waals surface area contributed by atoms with Gasteiger partial charge in [0.25, 0.3) is 0 Å². The summed E-state index contributed by atoms with van der Waals surface area (Å²) in [5.41, 5.74) is 0.00577. The van der Waals surface area contributed by atoms with E-state index in [1.54, 1.807) is 32.9 Å². The first-order valence-corrected chi connectivity index (χ1v) is 8.54. The molecule has 1 rings (SSSR count). The third kappa shape index (κ3) is 6.15. The van der Waals surface area contributed by atoms with E-state index in [0.717, 1.165) is 0 Å². The molecular weight excluding hydrogens is 516 g/mol. The number of phenolic OH excluding ortho intramolecular Hbond substituents is 1. The maximum atomic E-state index is 11.7. The van der Waals surface area contributed by atoms with Crippen LogP contribution in [0.4, 0.5) is 4.79 Å². The number of alkyl carbamates (subject to hydrolysis) is 1. The molecule has 122 valence electrons. The first kappa shape index (κ1) is 19.3. The van der Waals surface area contributed by atoms with Gasteiger partial charge in [0.2, 0.25) is 0 Å². The predicted octanol–water partition coefficient (Wildman–Crippen LogP) is 3.12. The van der Waals surface area contributed by atoms with Crippen LogP contribution in [0.25, 0.3) is 0 Å². The standard InChI is InChI=1S/C14H17I2NO5/c1-14(2,3)22-13(21)17-10(12(19)20)6-7-4-8(15)11(18)9(16)5-7/h4-5,10,18H,6H2,1-3H3,(H,17,21)(H,19,20)/t10-/m0/s1. The van der Waals surface area contributed by atoms with Crippen LogP contribution in [0.3, 0.4) is 0 Å². The molecule has 1 atom stereocenters. The number of amides is 1. The Morgan fingerprint density at radius 3 is 2.18 bits per heavy atom. The second-order valence-corrected chi connectivity index (χ2v) is 7.97. The average Bonchev–Trinajstić information content (AvgIpc) is 2.32. The Morgan fingerprint density at radius 2 is 1.77 bits per heavy atom. The zero-order valence-corrected chi connectivity index (χ0v) is 16.6. The lowest BCUT2D eigenvalue weighted by Gasteiger charge is -2.22. The van der Waals surface area contributed by atoms with Crippen LogP contribution in [-0.4, -0.2) is 33.9 Å². The van der Waals surface area contributed by atoms with Crippen LogP contribution in [0.15, 0.2) is 12.1 Å². The summed E-state index contributed by atoms with van der Waals surface area (Å²) in [4.78, 5) is 23.0. The molecule has 0 spiro atoms. The Morgan fingerprint density at radius 1 is 1.27 bits per heavy atom. The van der Waals surface area contributed by atoms with E-state index < -0.39 is 23.7 Å². The second kappa shape index (κ2) is 7.66. The Balaban J connectivity index is 2.85. The molecule has 0 fully saturated rings. The van der Waals surface area contributed by atoms with Crippen molar-refractivity contribution in [1.82, 2.24) is 5.32 Å². The number of carboxylic acids is 1. The fourth-order valence-electron chi connectivity index (χ4n) is 1.62. The van der Waals surface area contributed by atoms with E-state index in [1.165, 1.54) is 0 Å². The minimum atomic E-state index is -1.15. The lowest BCUT2D eigenvalue weighted by Crippen LogP contribution is -2.44. The third-order valence-corrected chi connectivity index (χ3v) is 4.15. The molecule has 0 unspecified atom stereocenters. The summed E-state index contributed by atoms with van der Waals surface area (Å²) in [5, 5.41) is 21.3. The minimum absolute atomic E-state index is 0.0981. The number of carbonyl (C=O) groups excluding carboxylic acids is 1. The first-order chi connectivity index (χ1) is 9.99. The lowest BCUT2D eigenvalue weighted by molar-refractivity contribution is -0.139. The fourth-order valence-corrected chi connectivity index (χ4v) is 3.52. The molecule has 1 amide bonds. The summed E-state index contributed by atoms with van der Waals surface area (Å²) in [6.45, 7) is 5.10. The number of ether oxygens (including phenoxy) is 1. The highest BCUT2D eigenvalue weighted by Crippen LogP contribution is 2.27. The van der Waals surface area contributed by atoms with Crippen LogP contribution < -0.4 is 5.32 Å². The predicted molar refractivity (Wildman–Crippen MR) is 98.0 cm³/mol. The van der Waals surface area contributed by atoms with Crippen LogP contribution in [-0.2, 0) is 16.0 Å². The van der Waals surface area contributed by atoms with Gasteiger partial charge in [-0.15, -0.1) is 0 Å². The topological polar surface area (TPSA) is 95.9 Å². The molecule has 22 heavy (non-hydrogen) atoms. The Labute approximate surface area is 155 Å². The van der Waals surface area contributed by atoms with Crippen molar-refractivity contribution in [2.75, 3.05) is 0 Å². The van der Waals surface area contributed by atoms with Gasteiger partial charge in [0.15, 0.2) is 0 Å². The van der Waals surface area contributed by atoms with Gasteiger partial charge in [0.05, 0.1) is 7.14 Å². The van der Waals surface area contributed by atoms with Crippen molar-refractivity contribution in [1.29, 1.82) is 0 Å². The average molecular weight is 533 g/mol. The van der Waals surface area contributed by atoms with E-state index in [1.807, 2.05) is 45.2 Å². The molecule has 1 aromatic carbocycles. The number of hydrogen-bond acceptors (Lipinski definition) is 4. The molecule has 3 N–H and O–H groups in total. The molecule has 0 radical (unpaired) electrons. The molecule has 0 saturated heterocycles. The molecule has 0 heterocycles. The Hall–Kier alpha value is -0.780. The minimum Gasteiger partial charge on any atom is -0.506 e. The Kier molecular flexibility index (Phi) is 6.71. The first-order valence-electron chi connectivity index (χ1n) is 6.39. The number of carboxylic acid groups (broad SMARTS) is 1. The van der Waals surface area contributed by atoms with Crippen molar-refractivity contribution in [3.8, 4) is 5.75 Å². The lowest BCUT2D eigenvalue weighted by atomic mass is 10.1. The summed E-state index contributed by atoms with van der Waals surface area (Å²) < 4.78 is 6.32. The van der Waals surface area contributed by atoms with Gasteiger partial charge < -0.3 is 20.3 Å².